The molecule has 5 nitrogen and oxygen atoms in total. The minimum atomic E-state index is -1.01. The Bertz CT molecular complexity index is 640. The molecule has 0 bridgehead atoms. The van der Waals surface area contributed by atoms with Crippen molar-refractivity contribution in [1.82, 2.24) is 10.3 Å². The molecule has 1 aromatic heterocycles. The Balaban J connectivity index is 2.20. The molecule has 1 amide bonds. The van der Waals surface area contributed by atoms with Crippen molar-refractivity contribution in [3.8, 4) is 0 Å². The Morgan fingerprint density at radius 3 is 2.85 bits per heavy atom. The van der Waals surface area contributed by atoms with E-state index >= 15 is 0 Å². The fourth-order valence-electron chi connectivity index (χ4n) is 2.00. The van der Waals surface area contributed by atoms with E-state index in [4.69, 9.17) is 5.11 Å². The second-order valence-corrected chi connectivity index (χ2v) is 4.56. The molecule has 1 heterocycles. The molecule has 0 aliphatic heterocycles. The van der Waals surface area contributed by atoms with E-state index in [1.807, 2.05) is 13.0 Å². The predicted molar refractivity (Wildman–Crippen MR) is 75.5 cm³/mol. The second kappa shape index (κ2) is 6.14. The van der Waals surface area contributed by atoms with Gasteiger partial charge < -0.3 is 10.4 Å². The van der Waals surface area contributed by atoms with Gasteiger partial charge in [-0.3, -0.25) is 9.78 Å². The summed E-state index contributed by atoms with van der Waals surface area (Å²) >= 11 is 0. The summed E-state index contributed by atoms with van der Waals surface area (Å²) in [6, 6.07) is 7.91. The number of aliphatic carboxylic acids is 1. The summed E-state index contributed by atoms with van der Waals surface area (Å²) in [4.78, 5) is 27.3. The molecule has 0 aliphatic rings. The molecule has 0 saturated carbocycles. The van der Waals surface area contributed by atoms with Crippen molar-refractivity contribution >= 4 is 22.8 Å². The van der Waals surface area contributed by atoms with Gasteiger partial charge in [0.25, 0.3) is 5.91 Å². The molecule has 1 aromatic carbocycles. The SMILES string of the molecule is CCC[C@@H](NC(=O)c1ccc2ncccc2c1)C(=O)O. The van der Waals surface area contributed by atoms with Crippen LogP contribution in [0.3, 0.4) is 0 Å². The Kier molecular flexibility index (Phi) is 4.30. The number of aromatic nitrogens is 1. The Morgan fingerprint density at radius 2 is 2.15 bits per heavy atom. The topological polar surface area (TPSA) is 79.3 Å². The lowest BCUT2D eigenvalue weighted by atomic mass is 10.1. The van der Waals surface area contributed by atoms with Crippen LogP contribution in [0.15, 0.2) is 36.5 Å². The molecule has 0 radical (unpaired) electrons. The molecule has 104 valence electrons. The third kappa shape index (κ3) is 3.12. The number of pyridine rings is 1. The third-order valence-electron chi connectivity index (χ3n) is 3.05. The zero-order chi connectivity index (χ0) is 14.5. The van der Waals surface area contributed by atoms with Crippen LogP contribution >= 0.6 is 0 Å². The number of carbonyl (C=O) groups excluding carboxylic acids is 1. The summed E-state index contributed by atoms with van der Waals surface area (Å²) in [7, 11) is 0. The molecule has 0 fully saturated rings. The molecule has 2 rings (SSSR count). The van der Waals surface area contributed by atoms with E-state index in [2.05, 4.69) is 10.3 Å². The standard InChI is InChI=1S/C15H16N2O3/c1-2-4-13(15(19)20)17-14(18)11-6-7-12-10(9-11)5-3-8-16-12/h3,5-9,13H,2,4H2,1H3,(H,17,18)(H,19,20)/t13-/m1/s1. The fourth-order valence-corrected chi connectivity index (χ4v) is 2.00. The summed E-state index contributed by atoms with van der Waals surface area (Å²) in [5, 5.41) is 12.4. The van der Waals surface area contributed by atoms with Gasteiger partial charge in [-0.1, -0.05) is 19.4 Å². The quantitative estimate of drug-likeness (QED) is 0.874. The smallest absolute Gasteiger partial charge is 0.326 e. The maximum atomic E-state index is 12.1. The number of carboxylic acid groups (broad SMARTS) is 1. The van der Waals surface area contributed by atoms with Crippen molar-refractivity contribution in [2.45, 2.75) is 25.8 Å². The van der Waals surface area contributed by atoms with Gasteiger partial charge in [0.15, 0.2) is 0 Å². The van der Waals surface area contributed by atoms with Crippen LogP contribution in [-0.4, -0.2) is 28.0 Å². The van der Waals surface area contributed by atoms with Crippen molar-refractivity contribution in [2.24, 2.45) is 0 Å². The first kappa shape index (κ1) is 14.0. The summed E-state index contributed by atoms with van der Waals surface area (Å²) < 4.78 is 0. The van der Waals surface area contributed by atoms with Gasteiger partial charge in [-0.25, -0.2) is 4.79 Å². The van der Waals surface area contributed by atoms with E-state index in [9.17, 15) is 9.59 Å². The highest BCUT2D eigenvalue weighted by Crippen LogP contribution is 2.13. The van der Waals surface area contributed by atoms with E-state index in [0.29, 0.717) is 18.4 Å². The van der Waals surface area contributed by atoms with Crippen LogP contribution in [0.4, 0.5) is 0 Å². The number of amides is 1. The van der Waals surface area contributed by atoms with Gasteiger partial charge in [0.05, 0.1) is 5.52 Å². The molecule has 0 unspecified atom stereocenters. The number of carbonyl (C=O) groups is 2. The first-order valence-electron chi connectivity index (χ1n) is 6.50. The molecule has 0 aliphatic carbocycles. The van der Waals surface area contributed by atoms with Gasteiger partial charge in [0, 0.05) is 17.1 Å². The van der Waals surface area contributed by atoms with Crippen molar-refractivity contribution in [3.05, 3.63) is 42.1 Å². The van der Waals surface area contributed by atoms with Gasteiger partial charge in [-0.2, -0.15) is 0 Å². The van der Waals surface area contributed by atoms with E-state index in [1.165, 1.54) is 0 Å². The minimum Gasteiger partial charge on any atom is -0.480 e. The van der Waals surface area contributed by atoms with Crippen LogP contribution in [0.5, 0.6) is 0 Å². The summed E-state index contributed by atoms with van der Waals surface area (Å²) in [5.41, 5.74) is 1.24. The molecule has 2 N–H and O–H groups in total. The van der Waals surface area contributed by atoms with E-state index in [-0.39, 0.29) is 5.91 Å². The Morgan fingerprint density at radius 1 is 1.35 bits per heavy atom. The molecular weight excluding hydrogens is 256 g/mol. The van der Waals surface area contributed by atoms with Crippen LogP contribution in [0, 0.1) is 0 Å². The number of hydrogen-bond acceptors (Lipinski definition) is 3. The van der Waals surface area contributed by atoms with Gasteiger partial charge in [0.1, 0.15) is 6.04 Å². The first-order valence-corrected chi connectivity index (χ1v) is 6.50. The number of hydrogen-bond donors (Lipinski definition) is 2. The highest BCUT2D eigenvalue weighted by atomic mass is 16.4. The number of fused-ring (bicyclic) bond motifs is 1. The maximum Gasteiger partial charge on any atom is 0.326 e. The fraction of sp³-hybridized carbons (Fsp3) is 0.267. The number of nitrogens with zero attached hydrogens (tertiary/aromatic N) is 1. The Labute approximate surface area is 116 Å². The largest absolute Gasteiger partial charge is 0.480 e. The monoisotopic (exact) mass is 272 g/mol. The summed E-state index contributed by atoms with van der Waals surface area (Å²) in [6.07, 6.45) is 2.79. The van der Waals surface area contributed by atoms with Crippen molar-refractivity contribution in [2.75, 3.05) is 0 Å². The van der Waals surface area contributed by atoms with Crippen molar-refractivity contribution in [3.63, 3.8) is 0 Å². The first-order chi connectivity index (χ1) is 9.61. The van der Waals surface area contributed by atoms with Crippen LogP contribution in [-0.2, 0) is 4.79 Å². The zero-order valence-corrected chi connectivity index (χ0v) is 11.2. The van der Waals surface area contributed by atoms with Crippen molar-refractivity contribution in [1.29, 1.82) is 0 Å². The molecule has 2 aromatic rings. The third-order valence-corrected chi connectivity index (χ3v) is 3.05. The Hall–Kier alpha value is -2.43. The number of rotatable bonds is 5. The van der Waals surface area contributed by atoms with Crippen LogP contribution in [0.25, 0.3) is 10.9 Å². The van der Waals surface area contributed by atoms with Gasteiger partial charge in [-0.05, 0) is 30.7 Å². The lowest BCUT2D eigenvalue weighted by Crippen LogP contribution is -2.40. The number of nitrogens with one attached hydrogen (secondary N) is 1. The lowest BCUT2D eigenvalue weighted by molar-refractivity contribution is -0.139. The van der Waals surface area contributed by atoms with Crippen LogP contribution < -0.4 is 5.32 Å². The van der Waals surface area contributed by atoms with E-state index in [1.54, 1.807) is 30.5 Å². The maximum absolute atomic E-state index is 12.1. The van der Waals surface area contributed by atoms with Gasteiger partial charge in [0.2, 0.25) is 0 Å². The molecule has 0 saturated heterocycles. The summed E-state index contributed by atoms with van der Waals surface area (Å²) in [6.45, 7) is 1.88. The zero-order valence-electron chi connectivity index (χ0n) is 11.2. The van der Waals surface area contributed by atoms with E-state index < -0.39 is 12.0 Å². The van der Waals surface area contributed by atoms with E-state index in [0.717, 1.165) is 10.9 Å². The summed E-state index contributed by atoms with van der Waals surface area (Å²) in [5.74, 6) is -1.39. The van der Waals surface area contributed by atoms with Crippen LogP contribution in [0.1, 0.15) is 30.1 Å². The van der Waals surface area contributed by atoms with Crippen LogP contribution in [0.2, 0.25) is 0 Å². The average Bonchev–Trinajstić information content (AvgIpc) is 2.46. The van der Waals surface area contributed by atoms with Gasteiger partial charge in [-0.15, -0.1) is 0 Å². The van der Waals surface area contributed by atoms with Crippen molar-refractivity contribution < 1.29 is 14.7 Å². The highest BCUT2D eigenvalue weighted by Gasteiger charge is 2.19. The number of benzene rings is 1. The highest BCUT2D eigenvalue weighted by molar-refractivity contribution is 5.99. The molecule has 20 heavy (non-hydrogen) atoms. The molecule has 1 atom stereocenters. The van der Waals surface area contributed by atoms with Gasteiger partial charge >= 0.3 is 5.97 Å². The molecular formula is C15H16N2O3. The predicted octanol–water partition coefficient (Wildman–Crippen LogP) is 2.22. The lowest BCUT2D eigenvalue weighted by Gasteiger charge is -2.13. The minimum absolute atomic E-state index is 0.378. The number of carboxylic acids is 1. The second-order valence-electron chi connectivity index (χ2n) is 4.56. The molecule has 0 spiro atoms. The normalized spacial score (nSPS) is 12.1. The average molecular weight is 272 g/mol. The molecule has 5 heteroatoms.